The van der Waals surface area contributed by atoms with Crippen LogP contribution in [0.4, 0.5) is 10.1 Å². The highest BCUT2D eigenvalue weighted by molar-refractivity contribution is 6.35. The maximum atomic E-state index is 14.0. The zero-order valence-electron chi connectivity index (χ0n) is 22.6. The normalized spacial score (nSPS) is 12.9. The molecule has 41 heavy (non-hydrogen) atoms. The lowest BCUT2D eigenvalue weighted by Crippen LogP contribution is -2.51. The zero-order valence-corrected chi connectivity index (χ0v) is 23.4. The number of amides is 2. The number of hydrogen-bond donors (Lipinski definition) is 2. The van der Waals surface area contributed by atoms with Crippen molar-refractivity contribution in [2.75, 3.05) is 31.5 Å². The van der Waals surface area contributed by atoms with E-state index in [1.165, 1.54) is 4.90 Å². The van der Waals surface area contributed by atoms with E-state index >= 15 is 0 Å². The molecule has 4 aromatic rings. The average molecular weight is 580 g/mol. The average Bonchev–Trinajstić information content (AvgIpc) is 3.55. The Labute approximate surface area is 242 Å². The molecular formula is C31H31ClFN3O5. The van der Waals surface area contributed by atoms with Gasteiger partial charge in [-0.2, -0.15) is 0 Å². The second kappa shape index (κ2) is 12.6. The standard InChI is InChI=1S/C31H31ClFN3O5/c1-20-23(12-15-37)30-24(32)8-5-9-26(30)36(20)18-29(38)34-25(16-21-6-3-2-4-7-21)31(39)35(14-13-33)22-10-11-27-28(17-22)41-19-40-27/h2-11,17,25,37H,12-16,18-19H2,1H3,(H,34,38)/t25-/m0/s1. The van der Waals surface area contributed by atoms with Gasteiger partial charge in [-0.1, -0.05) is 48.0 Å². The van der Waals surface area contributed by atoms with Gasteiger partial charge in [0.15, 0.2) is 11.5 Å². The summed E-state index contributed by atoms with van der Waals surface area (Å²) in [6, 6.07) is 18.8. The minimum atomic E-state index is -0.968. The van der Waals surface area contributed by atoms with Gasteiger partial charge in [0.1, 0.15) is 19.3 Å². The van der Waals surface area contributed by atoms with Crippen molar-refractivity contribution in [2.45, 2.75) is 32.4 Å². The molecule has 0 unspecified atom stereocenters. The van der Waals surface area contributed by atoms with Gasteiger partial charge in [-0.25, -0.2) is 4.39 Å². The van der Waals surface area contributed by atoms with Crippen LogP contribution in [-0.2, 0) is 29.0 Å². The topological polar surface area (TPSA) is 93.0 Å². The third-order valence-electron chi connectivity index (χ3n) is 7.25. The fourth-order valence-electron chi connectivity index (χ4n) is 5.31. The van der Waals surface area contributed by atoms with Crippen LogP contribution in [0, 0.1) is 6.92 Å². The number of carbonyl (C=O) groups is 2. The predicted octanol–water partition coefficient (Wildman–Crippen LogP) is 4.60. The van der Waals surface area contributed by atoms with E-state index in [2.05, 4.69) is 5.32 Å². The molecule has 10 heteroatoms. The molecule has 214 valence electrons. The smallest absolute Gasteiger partial charge is 0.249 e. The Bertz CT molecular complexity index is 1560. The second-order valence-corrected chi connectivity index (χ2v) is 10.2. The van der Waals surface area contributed by atoms with E-state index in [9.17, 15) is 19.1 Å². The number of aliphatic hydroxyl groups excluding tert-OH is 1. The molecule has 3 aromatic carbocycles. The number of benzene rings is 3. The molecule has 1 aromatic heterocycles. The van der Waals surface area contributed by atoms with Crippen LogP contribution in [0.1, 0.15) is 16.8 Å². The molecule has 2 N–H and O–H groups in total. The third-order valence-corrected chi connectivity index (χ3v) is 7.56. The van der Waals surface area contributed by atoms with Gasteiger partial charge in [-0.15, -0.1) is 0 Å². The fraction of sp³-hybridized carbons (Fsp3) is 0.290. The lowest BCUT2D eigenvalue weighted by Gasteiger charge is -2.28. The number of hydrogen-bond acceptors (Lipinski definition) is 5. The van der Waals surface area contributed by atoms with Crippen molar-refractivity contribution in [1.29, 1.82) is 0 Å². The highest BCUT2D eigenvalue weighted by Crippen LogP contribution is 2.36. The molecule has 0 fully saturated rings. The molecule has 0 radical (unpaired) electrons. The number of aromatic nitrogens is 1. The van der Waals surface area contributed by atoms with E-state index in [1.54, 1.807) is 24.3 Å². The first-order chi connectivity index (χ1) is 19.9. The van der Waals surface area contributed by atoms with Crippen LogP contribution >= 0.6 is 11.6 Å². The molecule has 0 bridgehead atoms. The van der Waals surface area contributed by atoms with Crippen molar-refractivity contribution in [2.24, 2.45) is 0 Å². The maximum absolute atomic E-state index is 14.0. The van der Waals surface area contributed by atoms with Crippen LogP contribution in [0.2, 0.25) is 5.02 Å². The summed E-state index contributed by atoms with van der Waals surface area (Å²) >= 11 is 6.50. The van der Waals surface area contributed by atoms with E-state index < -0.39 is 18.6 Å². The molecule has 0 saturated carbocycles. The summed E-state index contributed by atoms with van der Waals surface area (Å²) in [7, 11) is 0. The molecule has 2 amide bonds. The number of nitrogens with zero attached hydrogens (tertiary/aromatic N) is 2. The molecule has 1 atom stereocenters. The van der Waals surface area contributed by atoms with Gasteiger partial charge in [-0.05, 0) is 48.7 Å². The summed E-state index contributed by atoms with van der Waals surface area (Å²) in [6.07, 6.45) is 0.606. The summed E-state index contributed by atoms with van der Waals surface area (Å²) in [4.78, 5) is 28.8. The Balaban J connectivity index is 1.44. The largest absolute Gasteiger partial charge is 0.454 e. The highest BCUT2D eigenvalue weighted by Gasteiger charge is 2.29. The Kier molecular flexibility index (Phi) is 8.75. The first kappa shape index (κ1) is 28.4. The van der Waals surface area contributed by atoms with Crippen molar-refractivity contribution < 1.29 is 28.6 Å². The Hall–Kier alpha value is -4.08. The van der Waals surface area contributed by atoms with Crippen molar-refractivity contribution in [1.82, 2.24) is 9.88 Å². The Morgan fingerprint density at radius 3 is 2.63 bits per heavy atom. The van der Waals surface area contributed by atoms with Gasteiger partial charge in [0.2, 0.25) is 18.6 Å². The molecule has 0 aliphatic carbocycles. The molecular weight excluding hydrogens is 549 g/mol. The first-order valence-corrected chi connectivity index (χ1v) is 13.8. The van der Waals surface area contributed by atoms with E-state index in [0.717, 1.165) is 27.7 Å². The van der Waals surface area contributed by atoms with Crippen LogP contribution in [0.25, 0.3) is 10.9 Å². The van der Waals surface area contributed by atoms with Crippen LogP contribution in [0.3, 0.4) is 0 Å². The number of rotatable bonds is 11. The molecule has 1 aliphatic heterocycles. The van der Waals surface area contributed by atoms with Gasteiger partial charge in [-0.3, -0.25) is 9.59 Å². The van der Waals surface area contributed by atoms with Gasteiger partial charge in [0.25, 0.3) is 0 Å². The number of halogens is 2. The van der Waals surface area contributed by atoms with Crippen LogP contribution in [0.5, 0.6) is 11.5 Å². The number of alkyl halides is 1. The van der Waals surface area contributed by atoms with Crippen molar-refractivity contribution in [3.8, 4) is 11.5 Å². The third kappa shape index (κ3) is 6.01. The molecule has 1 aliphatic rings. The minimum Gasteiger partial charge on any atom is -0.454 e. The Morgan fingerprint density at radius 1 is 1.10 bits per heavy atom. The van der Waals surface area contributed by atoms with E-state index in [0.29, 0.717) is 28.6 Å². The summed E-state index contributed by atoms with van der Waals surface area (Å²) in [5.74, 6) is 0.179. The lowest BCUT2D eigenvalue weighted by molar-refractivity contribution is -0.127. The molecule has 2 heterocycles. The second-order valence-electron chi connectivity index (χ2n) is 9.78. The van der Waals surface area contributed by atoms with Gasteiger partial charge in [0, 0.05) is 35.9 Å². The molecule has 5 rings (SSSR count). The van der Waals surface area contributed by atoms with E-state index in [-0.39, 0.29) is 38.8 Å². The number of fused-ring (bicyclic) bond motifs is 2. The number of ether oxygens (including phenoxy) is 2. The predicted molar refractivity (Wildman–Crippen MR) is 155 cm³/mol. The van der Waals surface area contributed by atoms with Crippen molar-refractivity contribution >= 4 is 40.0 Å². The monoisotopic (exact) mass is 579 g/mol. The van der Waals surface area contributed by atoms with Crippen LogP contribution in [-0.4, -0.2) is 54.1 Å². The first-order valence-electron chi connectivity index (χ1n) is 13.4. The number of carbonyl (C=O) groups excluding carboxylic acids is 2. The number of anilines is 1. The van der Waals surface area contributed by atoms with Crippen LogP contribution in [0.15, 0.2) is 66.7 Å². The summed E-state index contributed by atoms with van der Waals surface area (Å²) < 4.78 is 26.4. The highest BCUT2D eigenvalue weighted by atomic mass is 35.5. The molecule has 0 spiro atoms. The number of aliphatic hydroxyl groups is 1. The summed E-state index contributed by atoms with van der Waals surface area (Å²) in [5.41, 5.74) is 3.73. The molecule has 8 nitrogen and oxygen atoms in total. The van der Waals surface area contributed by atoms with Gasteiger partial charge < -0.3 is 29.4 Å². The van der Waals surface area contributed by atoms with Gasteiger partial charge in [0.05, 0.1) is 17.1 Å². The van der Waals surface area contributed by atoms with Crippen molar-refractivity contribution in [3.05, 3.63) is 88.6 Å². The lowest BCUT2D eigenvalue weighted by atomic mass is 10.0. The van der Waals surface area contributed by atoms with Gasteiger partial charge >= 0.3 is 0 Å². The van der Waals surface area contributed by atoms with E-state index in [4.69, 9.17) is 21.1 Å². The summed E-state index contributed by atoms with van der Waals surface area (Å²) in [5, 5.41) is 13.9. The van der Waals surface area contributed by atoms with E-state index in [1.807, 2.05) is 54.0 Å². The quantitative estimate of drug-likeness (QED) is 0.271. The number of nitrogens with one attached hydrogen (secondary N) is 1. The zero-order chi connectivity index (χ0) is 28.9. The maximum Gasteiger partial charge on any atom is 0.249 e. The summed E-state index contributed by atoms with van der Waals surface area (Å²) in [6.45, 7) is 0.860. The minimum absolute atomic E-state index is 0.0602. The molecule has 0 saturated heterocycles. The Morgan fingerprint density at radius 2 is 1.88 bits per heavy atom. The van der Waals surface area contributed by atoms with Crippen LogP contribution < -0.4 is 19.7 Å². The van der Waals surface area contributed by atoms with Crippen molar-refractivity contribution in [3.63, 3.8) is 0 Å². The fourth-order valence-corrected chi connectivity index (χ4v) is 5.59. The SMILES string of the molecule is Cc1c(CCO)c2c(Cl)cccc2n1CC(=O)N[C@@H](Cc1ccccc1)C(=O)N(CCF)c1ccc2c(c1)OCO2.